The van der Waals surface area contributed by atoms with Gasteiger partial charge in [-0.25, -0.2) is 4.98 Å². The maximum Gasteiger partial charge on any atom is 0.266 e. The topological polar surface area (TPSA) is 78.8 Å². The van der Waals surface area contributed by atoms with Crippen LogP contribution in [0.2, 0.25) is 0 Å². The van der Waals surface area contributed by atoms with Gasteiger partial charge in [0.05, 0.1) is 7.11 Å². The molecule has 4 rings (SSSR count). The van der Waals surface area contributed by atoms with E-state index in [9.17, 15) is 4.79 Å². The van der Waals surface area contributed by atoms with Crippen molar-refractivity contribution in [3.8, 4) is 22.9 Å². The number of H-pyrrole nitrogens is 1. The summed E-state index contributed by atoms with van der Waals surface area (Å²) >= 11 is 1.41. The molecule has 3 aromatic heterocycles. The van der Waals surface area contributed by atoms with E-state index in [1.807, 2.05) is 35.7 Å². The highest BCUT2D eigenvalue weighted by atomic mass is 32.1. The van der Waals surface area contributed by atoms with Crippen LogP contribution in [0.15, 0.2) is 46.7 Å². The van der Waals surface area contributed by atoms with E-state index in [1.54, 1.807) is 19.4 Å². The highest BCUT2D eigenvalue weighted by molar-refractivity contribution is 7.17. The molecule has 3 heterocycles. The number of fused-ring (bicyclic) bond motifs is 3. The molecule has 1 aromatic carbocycles. The first-order valence-electron chi connectivity index (χ1n) is 7.19. The van der Waals surface area contributed by atoms with Crippen molar-refractivity contribution in [2.75, 3.05) is 7.11 Å². The predicted octanol–water partition coefficient (Wildman–Crippen LogP) is 3.69. The summed E-state index contributed by atoms with van der Waals surface area (Å²) in [5.41, 5.74) is 2.68. The minimum atomic E-state index is -0.0958. The van der Waals surface area contributed by atoms with E-state index in [1.165, 1.54) is 11.3 Å². The third kappa shape index (κ3) is 2.07. The first-order chi connectivity index (χ1) is 11.7. The second kappa shape index (κ2) is 5.48. The summed E-state index contributed by atoms with van der Waals surface area (Å²) in [6, 6.07) is 11.1. The summed E-state index contributed by atoms with van der Waals surface area (Å²) in [6.07, 6.45) is 1.65. The average molecular weight is 333 g/mol. The van der Waals surface area contributed by atoms with Crippen LogP contribution in [0.1, 0.15) is 5.69 Å². The second-order valence-corrected chi connectivity index (χ2v) is 6.14. The molecule has 1 N–H and O–H groups in total. The Bertz CT molecular complexity index is 1170. The zero-order valence-corrected chi connectivity index (χ0v) is 13.5. The molecule has 6 heteroatoms. The van der Waals surface area contributed by atoms with Crippen LogP contribution in [-0.4, -0.2) is 17.1 Å². The highest BCUT2D eigenvalue weighted by Crippen LogP contribution is 2.39. The molecule has 0 aliphatic carbocycles. The maximum absolute atomic E-state index is 12.2. The number of thiophene rings is 1. The molecule has 116 valence electrons. The van der Waals surface area contributed by atoms with Gasteiger partial charge in [-0.15, -0.1) is 11.3 Å². The zero-order chi connectivity index (χ0) is 16.7. The fourth-order valence-corrected chi connectivity index (χ4v) is 3.69. The van der Waals surface area contributed by atoms with E-state index < -0.39 is 0 Å². The van der Waals surface area contributed by atoms with Gasteiger partial charge in [0.1, 0.15) is 22.2 Å². The van der Waals surface area contributed by atoms with Gasteiger partial charge < -0.3 is 9.72 Å². The number of aromatic amines is 1. The van der Waals surface area contributed by atoms with Crippen molar-refractivity contribution in [3.05, 3.63) is 58.0 Å². The van der Waals surface area contributed by atoms with Crippen LogP contribution < -0.4 is 10.3 Å². The summed E-state index contributed by atoms with van der Waals surface area (Å²) in [5.74, 6) is 0.688. The van der Waals surface area contributed by atoms with Crippen LogP contribution in [0.3, 0.4) is 0 Å². The third-order valence-corrected chi connectivity index (χ3v) is 4.86. The summed E-state index contributed by atoms with van der Waals surface area (Å²) < 4.78 is 6.22. The summed E-state index contributed by atoms with van der Waals surface area (Å²) in [6.45, 7) is 0. The summed E-state index contributed by atoms with van der Waals surface area (Å²) in [4.78, 5) is 19.3. The first-order valence-corrected chi connectivity index (χ1v) is 8.07. The Labute approximate surface area is 140 Å². The number of hydrogen-bond donors (Lipinski definition) is 1. The van der Waals surface area contributed by atoms with Gasteiger partial charge in [0.15, 0.2) is 0 Å². The summed E-state index contributed by atoms with van der Waals surface area (Å²) in [5, 5.41) is 12.6. The molecule has 0 unspecified atom stereocenters. The Hall–Kier alpha value is -3.17. The molecule has 0 atom stereocenters. The molecule has 0 fully saturated rings. The standard InChI is InChI=1S/C18H11N3O2S/c1-23-14-5-4-13-16(12-6-7-24-17(12)18(22)21-13)15(14)10-2-3-11(8-19)20-9-10/h2-7,9H,1H3,(H,21,22). The molecular weight excluding hydrogens is 322 g/mol. The number of benzene rings is 1. The number of aromatic nitrogens is 2. The van der Waals surface area contributed by atoms with E-state index in [4.69, 9.17) is 10.00 Å². The lowest BCUT2D eigenvalue weighted by Crippen LogP contribution is -2.05. The van der Waals surface area contributed by atoms with E-state index in [0.717, 1.165) is 27.4 Å². The number of methoxy groups -OCH3 is 1. The van der Waals surface area contributed by atoms with Crippen LogP contribution in [-0.2, 0) is 0 Å². The largest absolute Gasteiger partial charge is 0.496 e. The molecule has 0 spiro atoms. The molecule has 0 bridgehead atoms. The van der Waals surface area contributed by atoms with E-state index in [2.05, 4.69) is 9.97 Å². The van der Waals surface area contributed by atoms with E-state index >= 15 is 0 Å². The number of ether oxygens (including phenoxy) is 1. The molecule has 0 amide bonds. The fourth-order valence-electron chi connectivity index (χ4n) is 2.89. The van der Waals surface area contributed by atoms with Gasteiger partial charge in [-0.1, -0.05) is 0 Å². The van der Waals surface area contributed by atoms with Gasteiger partial charge in [-0.3, -0.25) is 4.79 Å². The van der Waals surface area contributed by atoms with E-state index in [-0.39, 0.29) is 5.56 Å². The highest BCUT2D eigenvalue weighted by Gasteiger charge is 2.16. The van der Waals surface area contributed by atoms with Crippen molar-refractivity contribution >= 4 is 32.3 Å². The average Bonchev–Trinajstić information content (AvgIpc) is 3.11. The summed E-state index contributed by atoms with van der Waals surface area (Å²) in [7, 11) is 1.61. The smallest absolute Gasteiger partial charge is 0.266 e. The van der Waals surface area contributed by atoms with Crippen molar-refractivity contribution in [2.45, 2.75) is 0 Å². The number of nitrogens with zero attached hydrogens (tertiary/aromatic N) is 2. The normalized spacial score (nSPS) is 10.8. The SMILES string of the molecule is COc1ccc2[nH]c(=O)c3sccc3c2c1-c1ccc(C#N)nc1. The molecule has 24 heavy (non-hydrogen) atoms. The molecular formula is C18H11N3O2S. The van der Waals surface area contributed by atoms with E-state index in [0.29, 0.717) is 16.1 Å². The zero-order valence-electron chi connectivity index (χ0n) is 12.7. The van der Waals surface area contributed by atoms with Crippen molar-refractivity contribution < 1.29 is 4.74 Å². The third-order valence-electron chi connectivity index (χ3n) is 3.94. The van der Waals surface area contributed by atoms with Crippen molar-refractivity contribution in [2.24, 2.45) is 0 Å². The van der Waals surface area contributed by atoms with Crippen LogP contribution in [0.25, 0.3) is 32.1 Å². The molecule has 4 aromatic rings. The molecule has 0 saturated carbocycles. The molecule has 0 saturated heterocycles. The minimum Gasteiger partial charge on any atom is -0.496 e. The molecule has 0 aliphatic rings. The number of rotatable bonds is 2. The molecule has 5 nitrogen and oxygen atoms in total. The number of hydrogen-bond acceptors (Lipinski definition) is 5. The fraction of sp³-hybridized carbons (Fsp3) is 0.0556. The minimum absolute atomic E-state index is 0.0958. The Balaban J connectivity index is 2.17. The van der Waals surface area contributed by atoms with Crippen LogP contribution in [0.5, 0.6) is 5.75 Å². The van der Waals surface area contributed by atoms with Crippen molar-refractivity contribution in [1.82, 2.24) is 9.97 Å². The second-order valence-electron chi connectivity index (χ2n) is 5.23. The first kappa shape index (κ1) is 14.4. The van der Waals surface area contributed by atoms with Crippen molar-refractivity contribution in [1.29, 1.82) is 5.26 Å². The van der Waals surface area contributed by atoms with Gasteiger partial charge in [0, 0.05) is 33.6 Å². The predicted molar refractivity (Wildman–Crippen MR) is 94.4 cm³/mol. The Morgan fingerprint density at radius 1 is 1.25 bits per heavy atom. The van der Waals surface area contributed by atoms with Gasteiger partial charge >= 0.3 is 0 Å². The molecule has 0 aliphatic heterocycles. The monoisotopic (exact) mass is 333 g/mol. The quantitative estimate of drug-likeness (QED) is 0.607. The van der Waals surface area contributed by atoms with Crippen LogP contribution in [0, 0.1) is 11.3 Å². The van der Waals surface area contributed by atoms with Crippen LogP contribution in [0.4, 0.5) is 0 Å². The Morgan fingerprint density at radius 2 is 2.12 bits per heavy atom. The van der Waals surface area contributed by atoms with Gasteiger partial charge in [0.2, 0.25) is 0 Å². The van der Waals surface area contributed by atoms with Gasteiger partial charge in [-0.05, 0) is 35.7 Å². The number of pyridine rings is 2. The number of nitrogens with one attached hydrogen (secondary N) is 1. The molecule has 0 radical (unpaired) electrons. The Kier molecular flexibility index (Phi) is 3.29. The lowest BCUT2D eigenvalue weighted by atomic mass is 9.98. The Morgan fingerprint density at radius 3 is 2.83 bits per heavy atom. The number of nitriles is 1. The van der Waals surface area contributed by atoms with Crippen LogP contribution >= 0.6 is 11.3 Å². The van der Waals surface area contributed by atoms with Gasteiger partial charge in [-0.2, -0.15) is 5.26 Å². The van der Waals surface area contributed by atoms with Crippen molar-refractivity contribution in [3.63, 3.8) is 0 Å². The van der Waals surface area contributed by atoms with Gasteiger partial charge in [0.25, 0.3) is 5.56 Å². The lowest BCUT2D eigenvalue weighted by Gasteiger charge is -2.13. The lowest BCUT2D eigenvalue weighted by molar-refractivity contribution is 0.417. The maximum atomic E-state index is 12.2.